The molecule has 0 bridgehead atoms. The molecule has 3 heterocycles. The van der Waals surface area contributed by atoms with Crippen LogP contribution in [0.2, 0.25) is 6.82 Å². The monoisotopic (exact) mass is 451 g/mol. The number of ether oxygens (including phenoxy) is 2. The van der Waals surface area contributed by atoms with Gasteiger partial charge in [0, 0.05) is 22.7 Å². The second-order valence-electron chi connectivity index (χ2n) is 8.24. The Balaban J connectivity index is 1.52. The Morgan fingerprint density at radius 1 is 1.03 bits per heavy atom. The zero-order chi connectivity index (χ0) is 23.5. The lowest BCUT2D eigenvalue weighted by Gasteiger charge is -2.23. The largest absolute Gasteiger partial charge is 0.348 e. The van der Waals surface area contributed by atoms with E-state index in [1.54, 1.807) is 24.4 Å². The number of rotatable bonds is 6. The standard InChI is InChI=1S/C27H24BN2O4/c1-28-24-9-4-6-20(29-24)16-30-17-22(26(32)21-7-2-3-8-23(21)30)25(31)18-10-12-19(13-11-18)27-33-14-5-15-34-27/h2-4,6-13,17,27H,5,14-16H2,1H3. The summed E-state index contributed by atoms with van der Waals surface area (Å²) in [5.41, 5.74) is 3.65. The quantitative estimate of drug-likeness (QED) is 0.332. The maximum absolute atomic E-state index is 13.4. The highest BCUT2D eigenvalue weighted by Crippen LogP contribution is 2.24. The van der Waals surface area contributed by atoms with E-state index in [-0.39, 0.29) is 16.8 Å². The maximum atomic E-state index is 13.4. The van der Waals surface area contributed by atoms with E-state index in [0.717, 1.165) is 28.8 Å². The second-order valence-corrected chi connectivity index (χ2v) is 8.24. The molecule has 4 aromatic rings. The van der Waals surface area contributed by atoms with E-state index < -0.39 is 6.29 Å². The van der Waals surface area contributed by atoms with Crippen molar-refractivity contribution in [2.45, 2.75) is 26.1 Å². The fourth-order valence-corrected chi connectivity index (χ4v) is 4.19. The molecule has 1 fully saturated rings. The summed E-state index contributed by atoms with van der Waals surface area (Å²) in [7, 11) is 1.94. The van der Waals surface area contributed by atoms with Gasteiger partial charge in [-0.1, -0.05) is 55.4 Å². The molecule has 2 aromatic carbocycles. The number of pyridine rings is 2. The van der Waals surface area contributed by atoms with Crippen LogP contribution in [0.25, 0.3) is 10.9 Å². The number of hydrogen-bond donors (Lipinski definition) is 0. The average Bonchev–Trinajstić information content (AvgIpc) is 2.90. The summed E-state index contributed by atoms with van der Waals surface area (Å²) in [6, 6.07) is 20.3. The third-order valence-corrected chi connectivity index (χ3v) is 5.96. The molecule has 0 unspecified atom stereocenters. The van der Waals surface area contributed by atoms with E-state index in [2.05, 4.69) is 4.98 Å². The van der Waals surface area contributed by atoms with Gasteiger partial charge in [-0.3, -0.25) is 14.6 Å². The normalized spacial score (nSPS) is 14.3. The molecule has 1 saturated heterocycles. The van der Waals surface area contributed by atoms with Crippen LogP contribution in [0.1, 0.15) is 39.9 Å². The second kappa shape index (κ2) is 9.75. The summed E-state index contributed by atoms with van der Waals surface area (Å²) in [5.74, 6) is -0.315. The minimum Gasteiger partial charge on any atom is -0.348 e. The fourth-order valence-electron chi connectivity index (χ4n) is 4.19. The van der Waals surface area contributed by atoms with E-state index in [1.807, 2.05) is 67.2 Å². The van der Waals surface area contributed by atoms with Crippen molar-refractivity contribution in [3.05, 3.63) is 106 Å². The predicted octanol–water partition coefficient (Wildman–Crippen LogP) is 3.49. The Hall–Kier alpha value is -3.55. The molecule has 34 heavy (non-hydrogen) atoms. The molecule has 0 N–H and O–H groups in total. The first kappa shape index (κ1) is 22.3. The van der Waals surface area contributed by atoms with Gasteiger partial charge in [0.25, 0.3) is 0 Å². The van der Waals surface area contributed by atoms with Gasteiger partial charge in [-0.2, -0.15) is 0 Å². The van der Waals surface area contributed by atoms with Crippen LogP contribution < -0.4 is 11.0 Å². The maximum Gasteiger partial charge on any atom is 0.200 e. The van der Waals surface area contributed by atoms with Gasteiger partial charge in [-0.15, -0.1) is 0 Å². The number of ketones is 1. The molecule has 5 rings (SSSR count). The van der Waals surface area contributed by atoms with Gasteiger partial charge in [0.1, 0.15) is 0 Å². The average molecular weight is 451 g/mol. The molecule has 6 nitrogen and oxygen atoms in total. The van der Waals surface area contributed by atoms with Crippen LogP contribution in [-0.4, -0.2) is 35.8 Å². The minimum absolute atomic E-state index is 0.134. The van der Waals surface area contributed by atoms with Crippen molar-refractivity contribution < 1.29 is 14.3 Å². The molecule has 1 radical (unpaired) electrons. The predicted molar refractivity (Wildman–Crippen MR) is 132 cm³/mol. The van der Waals surface area contributed by atoms with Crippen LogP contribution >= 0.6 is 0 Å². The number of para-hydroxylation sites is 1. The molecule has 0 saturated carbocycles. The summed E-state index contributed by atoms with van der Waals surface area (Å²) in [4.78, 5) is 31.3. The highest BCUT2D eigenvalue weighted by Gasteiger charge is 2.20. The molecular formula is C27H24BN2O4. The zero-order valence-electron chi connectivity index (χ0n) is 18.9. The lowest BCUT2D eigenvalue weighted by atomic mass is 9.77. The first-order valence-electron chi connectivity index (χ1n) is 11.4. The molecule has 1 aliphatic heterocycles. The van der Waals surface area contributed by atoms with Crippen molar-refractivity contribution >= 4 is 29.6 Å². The SMILES string of the molecule is C[B]c1cccc(Cn2cc(C(=O)c3ccc(C4OCCCO4)cc3)c(=O)c3ccccc32)n1. The molecule has 1 aliphatic rings. The zero-order valence-corrected chi connectivity index (χ0v) is 18.9. The van der Waals surface area contributed by atoms with Crippen LogP contribution in [0.5, 0.6) is 0 Å². The van der Waals surface area contributed by atoms with Crippen molar-refractivity contribution in [2.75, 3.05) is 13.2 Å². The van der Waals surface area contributed by atoms with Crippen molar-refractivity contribution in [3.63, 3.8) is 0 Å². The van der Waals surface area contributed by atoms with Crippen LogP contribution in [0, 0.1) is 0 Å². The molecule has 0 amide bonds. The first-order chi connectivity index (χ1) is 16.6. The van der Waals surface area contributed by atoms with Crippen LogP contribution in [-0.2, 0) is 16.0 Å². The molecule has 2 aromatic heterocycles. The van der Waals surface area contributed by atoms with Gasteiger partial charge in [0.2, 0.25) is 5.43 Å². The number of benzene rings is 2. The number of aromatic nitrogens is 2. The summed E-state index contributed by atoms with van der Waals surface area (Å²) in [6.45, 7) is 3.68. The number of hydrogen-bond acceptors (Lipinski definition) is 5. The lowest BCUT2D eigenvalue weighted by molar-refractivity contribution is -0.183. The molecule has 0 aliphatic carbocycles. The third kappa shape index (κ3) is 4.45. The van der Waals surface area contributed by atoms with Gasteiger partial charge in [-0.25, -0.2) is 0 Å². The number of nitrogens with zero attached hydrogens (tertiary/aromatic N) is 2. The Kier molecular flexibility index (Phi) is 6.38. The number of carbonyl (C=O) groups excluding carboxylic acids is 1. The van der Waals surface area contributed by atoms with Crippen molar-refractivity contribution in [2.24, 2.45) is 0 Å². The third-order valence-electron chi connectivity index (χ3n) is 5.96. The van der Waals surface area contributed by atoms with Crippen molar-refractivity contribution in [1.82, 2.24) is 9.55 Å². The summed E-state index contributed by atoms with van der Waals surface area (Å²) < 4.78 is 13.2. The molecule has 0 spiro atoms. The van der Waals surface area contributed by atoms with E-state index in [1.165, 1.54) is 0 Å². The van der Waals surface area contributed by atoms with E-state index >= 15 is 0 Å². The number of carbonyl (C=O) groups is 1. The molecular weight excluding hydrogens is 427 g/mol. The van der Waals surface area contributed by atoms with Crippen LogP contribution in [0.4, 0.5) is 0 Å². The smallest absolute Gasteiger partial charge is 0.200 e. The Morgan fingerprint density at radius 2 is 1.79 bits per heavy atom. The Labute approximate surface area is 198 Å². The Bertz CT molecular complexity index is 1390. The van der Waals surface area contributed by atoms with Gasteiger partial charge in [-0.05, 0) is 30.2 Å². The van der Waals surface area contributed by atoms with Gasteiger partial charge < -0.3 is 14.0 Å². The summed E-state index contributed by atoms with van der Waals surface area (Å²) in [6.07, 6.45) is 2.11. The van der Waals surface area contributed by atoms with Crippen molar-refractivity contribution in [3.8, 4) is 0 Å². The van der Waals surface area contributed by atoms with Crippen LogP contribution in [0.15, 0.2) is 77.7 Å². The van der Waals surface area contributed by atoms with Crippen LogP contribution in [0.3, 0.4) is 0 Å². The summed E-state index contributed by atoms with van der Waals surface area (Å²) in [5, 5.41) is 0.507. The molecule has 0 atom stereocenters. The first-order valence-corrected chi connectivity index (χ1v) is 11.4. The Morgan fingerprint density at radius 3 is 2.56 bits per heavy atom. The van der Waals surface area contributed by atoms with Gasteiger partial charge in [0.05, 0.1) is 36.5 Å². The highest BCUT2D eigenvalue weighted by atomic mass is 16.7. The van der Waals surface area contributed by atoms with Gasteiger partial charge in [0.15, 0.2) is 19.4 Å². The molecule has 7 heteroatoms. The minimum atomic E-state index is -0.417. The topological polar surface area (TPSA) is 70.4 Å². The van der Waals surface area contributed by atoms with Gasteiger partial charge >= 0.3 is 0 Å². The number of fused-ring (bicyclic) bond motifs is 1. The van der Waals surface area contributed by atoms with E-state index in [4.69, 9.17) is 9.47 Å². The van der Waals surface area contributed by atoms with E-state index in [0.29, 0.717) is 30.7 Å². The highest BCUT2D eigenvalue weighted by molar-refractivity contribution is 6.50. The lowest BCUT2D eigenvalue weighted by Crippen LogP contribution is -2.22. The summed E-state index contributed by atoms with van der Waals surface area (Å²) >= 11 is 0. The molecule has 169 valence electrons. The van der Waals surface area contributed by atoms with Crippen molar-refractivity contribution in [1.29, 1.82) is 0 Å². The fraction of sp³-hybridized carbons (Fsp3) is 0.222. The van der Waals surface area contributed by atoms with E-state index in [9.17, 15) is 9.59 Å².